The minimum Gasteiger partial charge on any atom is -0.383 e. The van der Waals surface area contributed by atoms with Gasteiger partial charge in [0.05, 0.1) is 24.7 Å². The quantitative estimate of drug-likeness (QED) is 0.671. The Hall–Kier alpha value is -0.410. The Morgan fingerprint density at radius 2 is 2.13 bits per heavy atom. The molecule has 0 aromatic rings. The van der Waals surface area contributed by atoms with E-state index in [1.807, 2.05) is 0 Å². The average Bonchev–Trinajstić information content (AvgIpc) is 2.67. The summed E-state index contributed by atoms with van der Waals surface area (Å²) in [5, 5.41) is 3.31. The number of ether oxygens (including phenoxy) is 1. The van der Waals surface area contributed by atoms with Crippen LogP contribution in [0.2, 0.25) is 0 Å². The number of amides is 1. The van der Waals surface area contributed by atoms with Crippen molar-refractivity contribution >= 4 is 28.2 Å². The summed E-state index contributed by atoms with van der Waals surface area (Å²) < 4.78 is 28.5. The zero-order valence-corrected chi connectivity index (χ0v) is 15.3. The minimum absolute atomic E-state index is 0. The van der Waals surface area contributed by atoms with E-state index in [1.54, 1.807) is 12.0 Å². The predicted molar refractivity (Wildman–Crippen MR) is 91.8 cm³/mol. The summed E-state index contributed by atoms with van der Waals surface area (Å²) in [5.74, 6) is 0.285. The van der Waals surface area contributed by atoms with Gasteiger partial charge in [0.2, 0.25) is 5.91 Å². The van der Waals surface area contributed by atoms with Crippen LogP contribution in [0.15, 0.2) is 0 Å². The third kappa shape index (κ3) is 6.54. The molecule has 23 heavy (non-hydrogen) atoms. The molecule has 0 aliphatic carbocycles. The van der Waals surface area contributed by atoms with Crippen LogP contribution in [-0.2, 0) is 19.4 Å². The first kappa shape index (κ1) is 20.6. The van der Waals surface area contributed by atoms with E-state index in [4.69, 9.17) is 4.74 Å². The summed E-state index contributed by atoms with van der Waals surface area (Å²) in [7, 11) is -1.40. The first-order valence-electron chi connectivity index (χ1n) is 7.94. The molecule has 2 heterocycles. The van der Waals surface area contributed by atoms with Crippen LogP contribution in [-0.4, -0.2) is 94.7 Å². The summed E-state index contributed by atoms with van der Waals surface area (Å²) in [5.41, 5.74) is 0. The van der Waals surface area contributed by atoms with E-state index in [9.17, 15) is 13.2 Å². The summed E-state index contributed by atoms with van der Waals surface area (Å²) in [6, 6.07) is -0.197. The molecule has 0 spiro atoms. The summed E-state index contributed by atoms with van der Waals surface area (Å²) in [6.07, 6.45) is 1.57. The Labute approximate surface area is 145 Å². The molecule has 0 saturated carbocycles. The van der Waals surface area contributed by atoms with Crippen LogP contribution in [0.1, 0.15) is 12.8 Å². The van der Waals surface area contributed by atoms with Crippen LogP contribution in [0.3, 0.4) is 0 Å². The second-order valence-electron chi connectivity index (χ2n) is 6.02. The maximum atomic E-state index is 12.6. The van der Waals surface area contributed by atoms with E-state index >= 15 is 0 Å². The normalized spacial score (nSPS) is 24.7. The third-order valence-electron chi connectivity index (χ3n) is 4.30. The molecule has 0 bridgehead atoms. The van der Waals surface area contributed by atoms with Gasteiger partial charge in [0.15, 0.2) is 9.84 Å². The van der Waals surface area contributed by atoms with Crippen molar-refractivity contribution < 1.29 is 17.9 Å². The highest BCUT2D eigenvalue weighted by molar-refractivity contribution is 7.91. The van der Waals surface area contributed by atoms with Gasteiger partial charge in [-0.05, 0) is 25.9 Å². The molecule has 136 valence electrons. The molecule has 1 unspecified atom stereocenters. The van der Waals surface area contributed by atoms with Gasteiger partial charge in [-0.15, -0.1) is 12.4 Å². The number of halogens is 1. The molecule has 2 aliphatic rings. The SMILES string of the molecule is COCCN(C(=O)CN1CCCNCC1)C1CCS(=O)(=O)C1.Cl. The van der Waals surface area contributed by atoms with Gasteiger partial charge in [-0.25, -0.2) is 8.42 Å². The second kappa shape index (κ2) is 9.78. The van der Waals surface area contributed by atoms with Crippen molar-refractivity contribution in [2.75, 3.05) is 64.5 Å². The van der Waals surface area contributed by atoms with Gasteiger partial charge >= 0.3 is 0 Å². The molecule has 1 atom stereocenters. The number of carbonyl (C=O) groups is 1. The smallest absolute Gasteiger partial charge is 0.237 e. The molecule has 2 saturated heterocycles. The van der Waals surface area contributed by atoms with Crippen molar-refractivity contribution in [2.24, 2.45) is 0 Å². The number of methoxy groups -OCH3 is 1. The molecule has 7 nitrogen and oxygen atoms in total. The molecule has 2 fully saturated rings. The van der Waals surface area contributed by atoms with Gasteiger partial charge in [0, 0.05) is 32.8 Å². The molecule has 2 rings (SSSR count). The molecule has 0 aromatic heterocycles. The fourth-order valence-corrected chi connectivity index (χ4v) is 4.79. The maximum Gasteiger partial charge on any atom is 0.237 e. The number of rotatable bonds is 6. The number of hydrogen-bond acceptors (Lipinski definition) is 6. The fourth-order valence-electron chi connectivity index (χ4n) is 3.06. The van der Waals surface area contributed by atoms with Crippen LogP contribution in [0.25, 0.3) is 0 Å². The molecule has 1 amide bonds. The lowest BCUT2D eigenvalue weighted by Gasteiger charge is -2.30. The van der Waals surface area contributed by atoms with Gasteiger partial charge in [-0.2, -0.15) is 0 Å². The Kier molecular flexibility index (Phi) is 8.78. The van der Waals surface area contributed by atoms with Gasteiger partial charge < -0.3 is 15.0 Å². The van der Waals surface area contributed by atoms with Crippen LogP contribution in [0.5, 0.6) is 0 Å². The van der Waals surface area contributed by atoms with E-state index in [0.29, 0.717) is 26.1 Å². The first-order chi connectivity index (χ1) is 10.5. The van der Waals surface area contributed by atoms with Crippen LogP contribution < -0.4 is 5.32 Å². The van der Waals surface area contributed by atoms with Crippen LogP contribution in [0.4, 0.5) is 0 Å². The fraction of sp³-hybridized carbons (Fsp3) is 0.929. The summed E-state index contributed by atoms with van der Waals surface area (Å²) in [4.78, 5) is 16.5. The standard InChI is InChI=1S/C14H27N3O4S.ClH/c1-21-9-8-17(13-3-10-22(19,20)12-13)14(18)11-16-6-2-4-15-5-7-16;/h13,15H,2-12H2,1H3;1H. The number of nitrogens with one attached hydrogen (secondary N) is 1. The molecule has 9 heteroatoms. The van der Waals surface area contributed by atoms with Crippen molar-refractivity contribution in [1.82, 2.24) is 15.1 Å². The Morgan fingerprint density at radius 1 is 1.35 bits per heavy atom. The number of hydrogen-bond donors (Lipinski definition) is 1. The molecular formula is C14H28ClN3O4S. The second-order valence-corrected chi connectivity index (χ2v) is 8.25. The summed E-state index contributed by atoms with van der Waals surface area (Å²) in [6.45, 7) is 4.89. The number of carbonyl (C=O) groups excluding carboxylic acids is 1. The highest BCUT2D eigenvalue weighted by Gasteiger charge is 2.34. The lowest BCUT2D eigenvalue weighted by molar-refractivity contribution is -0.135. The third-order valence-corrected chi connectivity index (χ3v) is 6.05. The van der Waals surface area contributed by atoms with E-state index in [-0.39, 0.29) is 35.9 Å². The number of sulfone groups is 1. The number of nitrogens with zero attached hydrogens (tertiary/aromatic N) is 2. The Morgan fingerprint density at radius 3 is 2.78 bits per heavy atom. The largest absolute Gasteiger partial charge is 0.383 e. The van der Waals surface area contributed by atoms with Crippen molar-refractivity contribution in [3.8, 4) is 0 Å². The summed E-state index contributed by atoms with van der Waals surface area (Å²) >= 11 is 0. The van der Waals surface area contributed by atoms with E-state index in [2.05, 4.69) is 10.2 Å². The van der Waals surface area contributed by atoms with Crippen molar-refractivity contribution in [3.05, 3.63) is 0 Å². The minimum atomic E-state index is -3.00. The van der Waals surface area contributed by atoms with Crippen molar-refractivity contribution in [3.63, 3.8) is 0 Å². The maximum absolute atomic E-state index is 12.6. The highest BCUT2D eigenvalue weighted by atomic mass is 35.5. The topological polar surface area (TPSA) is 79.0 Å². The first-order valence-corrected chi connectivity index (χ1v) is 9.76. The van der Waals surface area contributed by atoms with E-state index < -0.39 is 9.84 Å². The van der Waals surface area contributed by atoms with Gasteiger partial charge in [0.25, 0.3) is 0 Å². The molecule has 2 aliphatic heterocycles. The monoisotopic (exact) mass is 369 g/mol. The molecule has 0 radical (unpaired) electrons. The molecular weight excluding hydrogens is 342 g/mol. The lowest BCUT2D eigenvalue weighted by Crippen LogP contribution is -2.48. The zero-order valence-electron chi connectivity index (χ0n) is 13.7. The Balaban J connectivity index is 0.00000264. The van der Waals surface area contributed by atoms with Gasteiger partial charge in [-0.3, -0.25) is 9.69 Å². The van der Waals surface area contributed by atoms with Crippen molar-refractivity contribution in [1.29, 1.82) is 0 Å². The zero-order chi connectivity index (χ0) is 16.0. The van der Waals surface area contributed by atoms with E-state index in [1.165, 1.54) is 0 Å². The van der Waals surface area contributed by atoms with Crippen LogP contribution in [0, 0.1) is 0 Å². The van der Waals surface area contributed by atoms with Crippen LogP contribution >= 0.6 is 12.4 Å². The van der Waals surface area contributed by atoms with Crippen molar-refractivity contribution in [2.45, 2.75) is 18.9 Å². The highest BCUT2D eigenvalue weighted by Crippen LogP contribution is 2.18. The molecule has 1 N–H and O–H groups in total. The Bertz CT molecular complexity index is 467. The predicted octanol–water partition coefficient (Wildman–Crippen LogP) is -0.634. The van der Waals surface area contributed by atoms with Gasteiger partial charge in [-0.1, -0.05) is 0 Å². The molecule has 0 aromatic carbocycles. The average molecular weight is 370 g/mol. The lowest BCUT2D eigenvalue weighted by atomic mass is 10.2. The van der Waals surface area contributed by atoms with E-state index in [0.717, 1.165) is 32.6 Å². The van der Waals surface area contributed by atoms with Gasteiger partial charge in [0.1, 0.15) is 0 Å².